The number of hydrogen-bond acceptors (Lipinski definition) is 4. The molecule has 2 N–H and O–H groups in total. The molecule has 0 saturated carbocycles. The summed E-state index contributed by atoms with van der Waals surface area (Å²) in [6.45, 7) is 0.864. The highest BCUT2D eigenvalue weighted by Gasteiger charge is 2.15. The topological polar surface area (TPSA) is 62.3 Å². The number of rotatable bonds is 3. The number of ether oxygens (including phenoxy) is 2. The molecule has 5 nitrogen and oxygen atoms in total. The van der Waals surface area contributed by atoms with Crippen molar-refractivity contribution in [3.8, 4) is 22.8 Å². The normalized spacial score (nSPS) is 12.6. The molecule has 6 heteroatoms. The average molecular weight is 328 g/mol. The van der Waals surface area contributed by atoms with E-state index in [0.29, 0.717) is 17.5 Å². The fourth-order valence-electron chi connectivity index (χ4n) is 2.63. The molecule has 0 spiro atoms. The third-order valence-electron chi connectivity index (χ3n) is 3.80. The van der Waals surface area contributed by atoms with Crippen molar-refractivity contribution >= 4 is 17.5 Å². The van der Waals surface area contributed by atoms with E-state index < -0.39 is 0 Å². The standard InChI is InChI=1S/C17H14ClN3O2/c18-13-4-2-12(3-5-13)14-8-20-17(19)21(14)9-11-1-6-15-16(7-11)23-10-22-15/h1-8H,9-10H2,(H2,19,20). The molecule has 0 atom stereocenters. The Balaban J connectivity index is 1.69. The van der Waals surface area contributed by atoms with Crippen LogP contribution in [-0.2, 0) is 6.54 Å². The van der Waals surface area contributed by atoms with Crippen molar-refractivity contribution in [1.82, 2.24) is 9.55 Å². The molecule has 1 aliphatic heterocycles. The Hall–Kier alpha value is -2.66. The Kier molecular flexibility index (Phi) is 3.35. The summed E-state index contributed by atoms with van der Waals surface area (Å²) in [6.07, 6.45) is 1.77. The van der Waals surface area contributed by atoms with Gasteiger partial charge < -0.3 is 19.8 Å². The van der Waals surface area contributed by atoms with Gasteiger partial charge in [-0.05, 0) is 35.4 Å². The highest BCUT2D eigenvalue weighted by Crippen LogP contribution is 2.33. The molecule has 0 unspecified atom stereocenters. The maximum absolute atomic E-state index is 6.04. The van der Waals surface area contributed by atoms with Gasteiger partial charge in [0.25, 0.3) is 0 Å². The Bertz CT molecular complexity index is 859. The second kappa shape index (κ2) is 5.52. The summed E-state index contributed by atoms with van der Waals surface area (Å²) in [4.78, 5) is 4.24. The maximum atomic E-state index is 6.04. The smallest absolute Gasteiger partial charge is 0.231 e. The predicted molar refractivity (Wildman–Crippen MR) is 88.8 cm³/mol. The van der Waals surface area contributed by atoms with Crippen LogP contribution < -0.4 is 15.2 Å². The van der Waals surface area contributed by atoms with Gasteiger partial charge in [-0.2, -0.15) is 0 Å². The van der Waals surface area contributed by atoms with Crippen LogP contribution in [0.25, 0.3) is 11.3 Å². The molecule has 116 valence electrons. The lowest BCUT2D eigenvalue weighted by Crippen LogP contribution is -2.06. The number of nitrogen functional groups attached to an aromatic ring is 1. The fraction of sp³-hybridized carbons (Fsp3) is 0.118. The van der Waals surface area contributed by atoms with E-state index in [4.69, 9.17) is 26.8 Å². The largest absolute Gasteiger partial charge is 0.454 e. The van der Waals surface area contributed by atoms with Crippen LogP contribution >= 0.6 is 11.6 Å². The lowest BCUT2D eigenvalue weighted by atomic mass is 10.1. The summed E-state index contributed by atoms with van der Waals surface area (Å²) in [5, 5.41) is 0.698. The predicted octanol–water partition coefficient (Wildman–Crippen LogP) is 3.56. The zero-order valence-electron chi connectivity index (χ0n) is 12.2. The van der Waals surface area contributed by atoms with Gasteiger partial charge in [0.15, 0.2) is 11.5 Å². The first-order valence-corrected chi connectivity index (χ1v) is 7.54. The minimum absolute atomic E-state index is 0.266. The summed E-state index contributed by atoms with van der Waals surface area (Å²) in [5.41, 5.74) is 9.06. The van der Waals surface area contributed by atoms with Gasteiger partial charge in [0.05, 0.1) is 18.4 Å². The molecule has 1 aromatic heterocycles. The summed E-state index contributed by atoms with van der Waals surface area (Å²) in [6, 6.07) is 13.5. The molecule has 2 heterocycles. The highest BCUT2D eigenvalue weighted by atomic mass is 35.5. The Morgan fingerprint density at radius 3 is 2.70 bits per heavy atom. The minimum Gasteiger partial charge on any atom is -0.454 e. The fourth-order valence-corrected chi connectivity index (χ4v) is 2.76. The Labute approximate surface area is 138 Å². The summed E-state index contributed by atoms with van der Waals surface area (Å²) in [5.74, 6) is 1.99. The second-order valence-electron chi connectivity index (χ2n) is 5.28. The third kappa shape index (κ3) is 2.59. The number of benzene rings is 2. The molecule has 2 aromatic carbocycles. The van der Waals surface area contributed by atoms with Gasteiger partial charge in [-0.1, -0.05) is 29.8 Å². The van der Waals surface area contributed by atoms with Gasteiger partial charge >= 0.3 is 0 Å². The van der Waals surface area contributed by atoms with Crippen LogP contribution in [0.4, 0.5) is 5.95 Å². The molecule has 0 bridgehead atoms. The van der Waals surface area contributed by atoms with Gasteiger partial charge in [0.1, 0.15) is 0 Å². The number of nitrogens with two attached hydrogens (primary N) is 1. The third-order valence-corrected chi connectivity index (χ3v) is 4.06. The van der Waals surface area contributed by atoms with E-state index >= 15 is 0 Å². The number of imidazole rings is 1. The van der Waals surface area contributed by atoms with Crippen molar-refractivity contribution < 1.29 is 9.47 Å². The van der Waals surface area contributed by atoms with E-state index in [9.17, 15) is 0 Å². The molecule has 4 rings (SSSR count). The lowest BCUT2D eigenvalue weighted by molar-refractivity contribution is 0.174. The maximum Gasteiger partial charge on any atom is 0.231 e. The van der Waals surface area contributed by atoms with E-state index in [1.165, 1.54) is 0 Å². The SMILES string of the molecule is Nc1ncc(-c2ccc(Cl)cc2)n1Cc1ccc2c(c1)OCO2. The lowest BCUT2D eigenvalue weighted by Gasteiger charge is -2.11. The van der Waals surface area contributed by atoms with E-state index in [2.05, 4.69) is 4.98 Å². The van der Waals surface area contributed by atoms with Crippen molar-refractivity contribution in [1.29, 1.82) is 0 Å². The van der Waals surface area contributed by atoms with Crippen LogP contribution in [0.2, 0.25) is 5.02 Å². The van der Waals surface area contributed by atoms with E-state index in [1.54, 1.807) is 6.20 Å². The number of fused-ring (bicyclic) bond motifs is 1. The van der Waals surface area contributed by atoms with Crippen molar-refractivity contribution in [3.63, 3.8) is 0 Å². The summed E-state index contributed by atoms with van der Waals surface area (Å²) < 4.78 is 12.7. The van der Waals surface area contributed by atoms with Gasteiger partial charge in [-0.25, -0.2) is 4.98 Å². The number of anilines is 1. The van der Waals surface area contributed by atoms with E-state index in [-0.39, 0.29) is 6.79 Å². The monoisotopic (exact) mass is 327 g/mol. The summed E-state index contributed by atoms with van der Waals surface area (Å²) in [7, 11) is 0. The van der Waals surface area contributed by atoms with Crippen molar-refractivity contribution in [2.75, 3.05) is 12.5 Å². The molecule has 0 saturated heterocycles. The molecule has 0 amide bonds. The molecule has 0 fully saturated rings. The molecular weight excluding hydrogens is 314 g/mol. The van der Waals surface area contributed by atoms with Gasteiger partial charge in [0.2, 0.25) is 12.7 Å². The number of aromatic nitrogens is 2. The summed E-state index contributed by atoms with van der Waals surface area (Å²) >= 11 is 5.96. The first-order chi connectivity index (χ1) is 11.2. The quantitative estimate of drug-likeness (QED) is 0.799. The van der Waals surface area contributed by atoms with Crippen molar-refractivity contribution in [3.05, 3.63) is 59.2 Å². The van der Waals surface area contributed by atoms with Crippen LogP contribution in [0.1, 0.15) is 5.56 Å². The molecule has 3 aromatic rings. The zero-order chi connectivity index (χ0) is 15.8. The molecule has 1 aliphatic rings. The van der Waals surface area contributed by atoms with Crippen LogP contribution in [0.3, 0.4) is 0 Å². The molecule has 23 heavy (non-hydrogen) atoms. The van der Waals surface area contributed by atoms with E-state index in [1.807, 2.05) is 47.0 Å². The van der Waals surface area contributed by atoms with Crippen molar-refractivity contribution in [2.45, 2.75) is 6.54 Å². The van der Waals surface area contributed by atoms with Gasteiger partial charge in [-0.15, -0.1) is 0 Å². The van der Waals surface area contributed by atoms with Crippen molar-refractivity contribution in [2.24, 2.45) is 0 Å². The van der Waals surface area contributed by atoms with Gasteiger partial charge in [-0.3, -0.25) is 0 Å². The highest BCUT2D eigenvalue weighted by molar-refractivity contribution is 6.30. The van der Waals surface area contributed by atoms with Crippen LogP contribution in [0, 0.1) is 0 Å². The van der Waals surface area contributed by atoms with Crippen LogP contribution in [0.5, 0.6) is 11.5 Å². The first-order valence-electron chi connectivity index (χ1n) is 7.16. The van der Waals surface area contributed by atoms with Crippen LogP contribution in [-0.4, -0.2) is 16.3 Å². The zero-order valence-corrected chi connectivity index (χ0v) is 13.0. The Morgan fingerprint density at radius 1 is 1.09 bits per heavy atom. The minimum atomic E-state index is 0.266. The van der Waals surface area contributed by atoms with Gasteiger partial charge in [0, 0.05) is 5.02 Å². The molecule has 0 aliphatic carbocycles. The number of nitrogens with zero attached hydrogens (tertiary/aromatic N) is 2. The Morgan fingerprint density at radius 2 is 1.87 bits per heavy atom. The number of halogens is 1. The molecular formula is C17H14ClN3O2. The van der Waals surface area contributed by atoms with E-state index in [0.717, 1.165) is 28.3 Å². The average Bonchev–Trinajstić information content (AvgIpc) is 3.16. The first kappa shape index (κ1) is 14.0. The van der Waals surface area contributed by atoms with Crippen LogP contribution in [0.15, 0.2) is 48.7 Å². The second-order valence-corrected chi connectivity index (χ2v) is 5.72. The number of hydrogen-bond donors (Lipinski definition) is 1. The molecule has 0 radical (unpaired) electrons.